The molecule has 2 rings (SSSR count). The Morgan fingerprint density at radius 3 is 2.67 bits per heavy atom. The summed E-state index contributed by atoms with van der Waals surface area (Å²) >= 11 is 0. The summed E-state index contributed by atoms with van der Waals surface area (Å²) in [7, 11) is 0. The molecule has 0 spiro atoms. The minimum absolute atomic E-state index is 0.0763. The van der Waals surface area contributed by atoms with Gasteiger partial charge in [-0.25, -0.2) is 4.52 Å². The van der Waals surface area contributed by atoms with Crippen molar-refractivity contribution in [3.8, 4) is 6.07 Å². The molecule has 2 aromatic heterocycles. The number of nitrogens with zero attached hydrogens (tertiary/aromatic N) is 4. The van der Waals surface area contributed by atoms with Crippen LogP contribution in [0, 0.1) is 11.3 Å². The standard InChI is InChI=1S/C11H12N4/c1-11(2,3)8-4-5-10-13-9(6-12)14-15(10)7-8/h4-5,7H,1-3H3. The zero-order valence-corrected chi connectivity index (χ0v) is 9.02. The molecule has 15 heavy (non-hydrogen) atoms. The van der Waals surface area contributed by atoms with Crippen molar-refractivity contribution < 1.29 is 0 Å². The zero-order valence-electron chi connectivity index (χ0n) is 9.02. The first kappa shape index (κ1) is 9.66. The maximum atomic E-state index is 8.68. The Hall–Kier alpha value is -1.89. The van der Waals surface area contributed by atoms with Crippen molar-refractivity contribution in [2.45, 2.75) is 26.2 Å². The van der Waals surface area contributed by atoms with Crippen LogP contribution in [0.25, 0.3) is 5.65 Å². The lowest BCUT2D eigenvalue weighted by Gasteiger charge is -2.18. The number of hydrogen-bond donors (Lipinski definition) is 0. The summed E-state index contributed by atoms with van der Waals surface area (Å²) in [5.41, 5.74) is 1.95. The second-order valence-electron chi connectivity index (χ2n) is 4.52. The Labute approximate surface area is 88.2 Å². The lowest BCUT2D eigenvalue weighted by Crippen LogP contribution is -2.12. The average Bonchev–Trinajstić information content (AvgIpc) is 2.57. The van der Waals surface area contributed by atoms with Crippen LogP contribution in [0.2, 0.25) is 0 Å². The quantitative estimate of drug-likeness (QED) is 0.652. The van der Waals surface area contributed by atoms with E-state index in [0.717, 1.165) is 0 Å². The molecule has 0 N–H and O–H groups in total. The van der Waals surface area contributed by atoms with Gasteiger partial charge in [-0.15, -0.1) is 5.10 Å². The van der Waals surface area contributed by atoms with Gasteiger partial charge >= 0.3 is 0 Å². The van der Waals surface area contributed by atoms with E-state index in [4.69, 9.17) is 5.26 Å². The van der Waals surface area contributed by atoms with E-state index in [-0.39, 0.29) is 11.2 Å². The van der Waals surface area contributed by atoms with Gasteiger partial charge in [0.05, 0.1) is 0 Å². The van der Waals surface area contributed by atoms with Gasteiger partial charge in [-0.2, -0.15) is 10.2 Å². The molecule has 0 amide bonds. The van der Waals surface area contributed by atoms with Crippen molar-refractivity contribution in [1.29, 1.82) is 5.26 Å². The topological polar surface area (TPSA) is 54.0 Å². The second kappa shape index (κ2) is 3.06. The molecule has 4 heteroatoms. The van der Waals surface area contributed by atoms with E-state index in [1.807, 2.05) is 24.4 Å². The van der Waals surface area contributed by atoms with Gasteiger partial charge in [0.1, 0.15) is 6.07 Å². The summed E-state index contributed by atoms with van der Waals surface area (Å²) in [6, 6.07) is 5.83. The minimum Gasteiger partial charge on any atom is -0.219 e. The van der Waals surface area contributed by atoms with Gasteiger partial charge in [-0.05, 0) is 17.0 Å². The molecule has 0 saturated heterocycles. The van der Waals surface area contributed by atoms with Crippen molar-refractivity contribution in [1.82, 2.24) is 14.6 Å². The van der Waals surface area contributed by atoms with Gasteiger partial charge in [0.25, 0.3) is 5.82 Å². The molecule has 0 unspecified atom stereocenters. The zero-order chi connectivity index (χ0) is 11.1. The Morgan fingerprint density at radius 1 is 1.33 bits per heavy atom. The summed E-state index contributed by atoms with van der Waals surface area (Å²) < 4.78 is 1.65. The van der Waals surface area contributed by atoms with Crippen molar-refractivity contribution in [3.63, 3.8) is 0 Å². The third kappa shape index (κ3) is 1.68. The van der Waals surface area contributed by atoms with Gasteiger partial charge < -0.3 is 0 Å². The first-order valence-electron chi connectivity index (χ1n) is 4.78. The Morgan fingerprint density at radius 2 is 2.07 bits per heavy atom. The van der Waals surface area contributed by atoms with E-state index in [1.165, 1.54) is 5.56 Å². The highest BCUT2D eigenvalue weighted by Gasteiger charge is 2.14. The first-order chi connectivity index (χ1) is 7.00. The first-order valence-corrected chi connectivity index (χ1v) is 4.78. The van der Waals surface area contributed by atoms with Crippen molar-refractivity contribution in [3.05, 3.63) is 29.7 Å². The summed E-state index contributed by atoms with van der Waals surface area (Å²) in [4.78, 5) is 4.05. The van der Waals surface area contributed by atoms with E-state index in [1.54, 1.807) is 4.52 Å². The number of aromatic nitrogens is 3. The lowest BCUT2D eigenvalue weighted by molar-refractivity contribution is 0.584. The highest BCUT2D eigenvalue weighted by atomic mass is 15.3. The van der Waals surface area contributed by atoms with E-state index in [2.05, 4.69) is 30.9 Å². The van der Waals surface area contributed by atoms with Crippen molar-refractivity contribution >= 4 is 5.65 Å². The maximum absolute atomic E-state index is 8.68. The van der Waals surface area contributed by atoms with Gasteiger partial charge in [0.2, 0.25) is 0 Å². The summed E-state index contributed by atoms with van der Waals surface area (Å²) in [5.74, 6) is 0.209. The highest BCUT2D eigenvalue weighted by Crippen LogP contribution is 2.21. The molecule has 0 radical (unpaired) electrons. The summed E-state index contributed by atoms with van der Waals surface area (Å²) in [6.07, 6.45) is 1.92. The predicted molar refractivity (Wildman–Crippen MR) is 56.4 cm³/mol. The molecule has 0 saturated carbocycles. The Balaban J connectivity index is 2.62. The van der Waals surface area contributed by atoms with Crippen LogP contribution in [-0.4, -0.2) is 14.6 Å². The molecule has 0 aliphatic rings. The van der Waals surface area contributed by atoms with E-state index >= 15 is 0 Å². The molecule has 0 atom stereocenters. The SMILES string of the molecule is CC(C)(C)c1ccc2nc(C#N)nn2c1. The summed E-state index contributed by atoms with van der Waals surface area (Å²) in [5, 5.41) is 12.7. The molecular formula is C11H12N4. The van der Waals surface area contributed by atoms with E-state index in [0.29, 0.717) is 5.65 Å². The van der Waals surface area contributed by atoms with Gasteiger partial charge in [0, 0.05) is 6.20 Å². The van der Waals surface area contributed by atoms with E-state index in [9.17, 15) is 0 Å². The fourth-order valence-electron chi connectivity index (χ4n) is 1.37. The number of nitriles is 1. The number of hydrogen-bond acceptors (Lipinski definition) is 3. The highest BCUT2D eigenvalue weighted by molar-refractivity contribution is 5.41. The molecule has 0 aliphatic heterocycles. The molecule has 0 fully saturated rings. The van der Waals surface area contributed by atoms with Crippen LogP contribution in [0.1, 0.15) is 32.2 Å². The second-order valence-corrected chi connectivity index (χ2v) is 4.52. The van der Waals surface area contributed by atoms with Crippen LogP contribution in [0.5, 0.6) is 0 Å². The normalized spacial score (nSPS) is 11.6. The Kier molecular flexibility index (Phi) is 1.97. The predicted octanol–water partition coefficient (Wildman–Crippen LogP) is 1.90. The fraction of sp³-hybridized carbons (Fsp3) is 0.364. The van der Waals surface area contributed by atoms with Gasteiger partial charge in [-0.3, -0.25) is 0 Å². The average molecular weight is 200 g/mol. The van der Waals surface area contributed by atoms with E-state index < -0.39 is 0 Å². The third-order valence-electron chi connectivity index (χ3n) is 2.30. The molecule has 0 bridgehead atoms. The smallest absolute Gasteiger partial charge is 0.219 e. The van der Waals surface area contributed by atoms with Crippen LogP contribution in [0.15, 0.2) is 18.3 Å². The molecule has 0 aliphatic carbocycles. The van der Waals surface area contributed by atoms with Crippen LogP contribution in [-0.2, 0) is 5.41 Å². The number of rotatable bonds is 0. The van der Waals surface area contributed by atoms with Crippen molar-refractivity contribution in [2.24, 2.45) is 0 Å². The third-order valence-corrected chi connectivity index (χ3v) is 2.30. The van der Waals surface area contributed by atoms with Crippen LogP contribution >= 0.6 is 0 Å². The Bertz CT molecular complexity index is 540. The lowest BCUT2D eigenvalue weighted by atomic mass is 9.88. The largest absolute Gasteiger partial charge is 0.253 e. The molecule has 0 aromatic carbocycles. The van der Waals surface area contributed by atoms with Crippen molar-refractivity contribution in [2.75, 3.05) is 0 Å². The summed E-state index contributed by atoms with van der Waals surface area (Å²) in [6.45, 7) is 6.41. The van der Waals surface area contributed by atoms with Crippen LogP contribution in [0.4, 0.5) is 0 Å². The maximum Gasteiger partial charge on any atom is 0.253 e. The number of fused-ring (bicyclic) bond motifs is 1. The molecular weight excluding hydrogens is 188 g/mol. The van der Waals surface area contributed by atoms with Crippen LogP contribution < -0.4 is 0 Å². The van der Waals surface area contributed by atoms with Crippen LogP contribution in [0.3, 0.4) is 0 Å². The minimum atomic E-state index is 0.0763. The molecule has 2 aromatic rings. The number of pyridine rings is 1. The molecule has 2 heterocycles. The van der Waals surface area contributed by atoms with Gasteiger partial charge in [-0.1, -0.05) is 26.8 Å². The van der Waals surface area contributed by atoms with Gasteiger partial charge in [0.15, 0.2) is 5.65 Å². The molecule has 76 valence electrons. The monoisotopic (exact) mass is 200 g/mol. The molecule has 4 nitrogen and oxygen atoms in total. The fourth-order valence-corrected chi connectivity index (χ4v) is 1.37.